The predicted octanol–water partition coefficient (Wildman–Crippen LogP) is 1.83. The number of nitrogens with zero attached hydrogens (tertiary/aromatic N) is 1. The third-order valence-corrected chi connectivity index (χ3v) is 3.96. The Bertz CT molecular complexity index is 535. The lowest BCUT2D eigenvalue weighted by atomic mass is 10.0. The normalized spacial score (nSPS) is 23.2. The molecule has 2 N–H and O–H groups in total. The fraction of sp³-hybridized carbons (Fsp3) is 0.533. The maximum absolute atomic E-state index is 11.5. The van der Waals surface area contributed by atoms with Crippen LogP contribution >= 0.6 is 11.6 Å². The maximum Gasteiger partial charge on any atom is 0.163 e. The van der Waals surface area contributed by atoms with E-state index in [2.05, 4.69) is 4.90 Å². The van der Waals surface area contributed by atoms with E-state index >= 15 is 0 Å². The van der Waals surface area contributed by atoms with Gasteiger partial charge in [-0.3, -0.25) is 9.69 Å². The molecule has 0 radical (unpaired) electrons. The highest BCUT2D eigenvalue weighted by Crippen LogP contribution is 2.29. The molecule has 0 amide bonds. The van der Waals surface area contributed by atoms with Gasteiger partial charge in [-0.2, -0.15) is 0 Å². The van der Waals surface area contributed by atoms with Crippen LogP contribution in [0.2, 0.25) is 5.02 Å². The van der Waals surface area contributed by atoms with E-state index in [1.54, 1.807) is 6.07 Å². The van der Waals surface area contributed by atoms with E-state index in [9.17, 15) is 15.0 Å². The summed E-state index contributed by atoms with van der Waals surface area (Å²) in [6, 6.07) is 3.30. The Kier molecular flexibility index (Phi) is 5.22. The first kappa shape index (κ1) is 16.2. The molecule has 2 unspecified atom stereocenters. The molecule has 2 atom stereocenters. The molecule has 6 heteroatoms. The van der Waals surface area contributed by atoms with Crippen molar-refractivity contribution in [3.8, 4) is 5.75 Å². The number of aliphatic hydroxyl groups excluding tert-OH is 1. The molecule has 0 aliphatic carbocycles. The Labute approximate surface area is 129 Å². The quantitative estimate of drug-likeness (QED) is 0.830. The standard InChI is InChI=1S/C15H20ClNO4/c1-9-8-21-13(7-18)6-17(9)5-11-3-12(16)4-14(10(2)19)15(11)20/h3-4,9,13,18,20H,5-8H2,1-2H3. The summed E-state index contributed by atoms with van der Waals surface area (Å²) >= 11 is 6.03. The molecule has 0 aromatic heterocycles. The number of rotatable bonds is 4. The molecule has 1 aliphatic rings. The van der Waals surface area contributed by atoms with Crippen LogP contribution in [0.1, 0.15) is 29.8 Å². The smallest absolute Gasteiger partial charge is 0.163 e. The number of ether oxygens (including phenoxy) is 1. The van der Waals surface area contributed by atoms with Crippen LogP contribution in [0.3, 0.4) is 0 Å². The first-order valence-corrected chi connectivity index (χ1v) is 7.29. The lowest BCUT2D eigenvalue weighted by Crippen LogP contribution is -2.48. The summed E-state index contributed by atoms with van der Waals surface area (Å²) < 4.78 is 5.49. The largest absolute Gasteiger partial charge is 0.507 e. The second-order valence-electron chi connectivity index (χ2n) is 5.43. The molecular weight excluding hydrogens is 294 g/mol. The Morgan fingerprint density at radius 3 is 2.86 bits per heavy atom. The maximum atomic E-state index is 11.5. The number of phenolic OH excluding ortho intramolecular Hbond substituents is 1. The third-order valence-electron chi connectivity index (χ3n) is 3.74. The molecule has 1 saturated heterocycles. The number of aliphatic hydroxyl groups is 1. The van der Waals surface area contributed by atoms with E-state index in [1.807, 2.05) is 6.92 Å². The summed E-state index contributed by atoms with van der Waals surface area (Å²) in [6.07, 6.45) is -0.227. The van der Waals surface area contributed by atoms with Crippen LogP contribution in [0.15, 0.2) is 12.1 Å². The number of carbonyl (C=O) groups is 1. The van der Waals surface area contributed by atoms with Gasteiger partial charge in [0.05, 0.1) is 24.9 Å². The summed E-state index contributed by atoms with van der Waals surface area (Å²) in [5.41, 5.74) is 0.843. The molecule has 1 fully saturated rings. The summed E-state index contributed by atoms with van der Waals surface area (Å²) in [4.78, 5) is 13.6. The summed E-state index contributed by atoms with van der Waals surface area (Å²) in [5, 5.41) is 19.9. The van der Waals surface area contributed by atoms with Gasteiger partial charge in [-0.25, -0.2) is 0 Å². The minimum Gasteiger partial charge on any atom is -0.507 e. The number of hydrogen-bond donors (Lipinski definition) is 2. The van der Waals surface area contributed by atoms with Crippen molar-refractivity contribution in [1.82, 2.24) is 4.90 Å². The topological polar surface area (TPSA) is 70.0 Å². The number of benzene rings is 1. The highest BCUT2D eigenvalue weighted by atomic mass is 35.5. The zero-order valence-corrected chi connectivity index (χ0v) is 12.9. The second kappa shape index (κ2) is 6.75. The van der Waals surface area contributed by atoms with E-state index in [-0.39, 0.29) is 35.8 Å². The first-order chi connectivity index (χ1) is 9.92. The third kappa shape index (κ3) is 3.74. The van der Waals surface area contributed by atoms with Crippen LogP contribution in [0.4, 0.5) is 0 Å². The molecule has 0 saturated carbocycles. The van der Waals surface area contributed by atoms with Crippen molar-refractivity contribution in [3.05, 3.63) is 28.3 Å². The van der Waals surface area contributed by atoms with Crippen molar-refractivity contribution in [3.63, 3.8) is 0 Å². The van der Waals surface area contributed by atoms with Gasteiger partial charge in [0.1, 0.15) is 5.75 Å². The van der Waals surface area contributed by atoms with Gasteiger partial charge in [-0.1, -0.05) is 11.6 Å². The van der Waals surface area contributed by atoms with Crippen molar-refractivity contribution in [2.45, 2.75) is 32.5 Å². The van der Waals surface area contributed by atoms with Crippen LogP contribution in [-0.4, -0.2) is 52.8 Å². The molecule has 1 aromatic carbocycles. The van der Waals surface area contributed by atoms with Crippen LogP contribution in [0.25, 0.3) is 0 Å². The number of ketones is 1. The molecule has 1 aliphatic heterocycles. The van der Waals surface area contributed by atoms with E-state index in [0.29, 0.717) is 30.3 Å². The highest BCUT2D eigenvalue weighted by Gasteiger charge is 2.27. The zero-order chi connectivity index (χ0) is 15.6. The fourth-order valence-corrected chi connectivity index (χ4v) is 2.71. The van der Waals surface area contributed by atoms with Crippen molar-refractivity contribution in [1.29, 1.82) is 0 Å². The van der Waals surface area contributed by atoms with Gasteiger partial charge in [0.25, 0.3) is 0 Å². The molecule has 2 rings (SSSR count). The number of morpholine rings is 1. The molecule has 1 aromatic rings. The van der Waals surface area contributed by atoms with E-state index < -0.39 is 0 Å². The number of aromatic hydroxyl groups is 1. The highest BCUT2D eigenvalue weighted by molar-refractivity contribution is 6.31. The van der Waals surface area contributed by atoms with Gasteiger partial charge in [0.15, 0.2) is 5.78 Å². The zero-order valence-electron chi connectivity index (χ0n) is 12.2. The van der Waals surface area contributed by atoms with Gasteiger partial charge in [-0.05, 0) is 26.0 Å². The van der Waals surface area contributed by atoms with Crippen molar-refractivity contribution < 1.29 is 19.7 Å². The number of carbonyl (C=O) groups excluding carboxylic acids is 1. The van der Waals surface area contributed by atoms with E-state index in [4.69, 9.17) is 16.3 Å². The second-order valence-corrected chi connectivity index (χ2v) is 5.87. The Morgan fingerprint density at radius 1 is 1.52 bits per heavy atom. The van der Waals surface area contributed by atoms with Crippen LogP contribution in [-0.2, 0) is 11.3 Å². The fourth-order valence-electron chi connectivity index (χ4n) is 2.47. The molecule has 0 spiro atoms. The van der Waals surface area contributed by atoms with Gasteiger partial charge < -0.3 is 14.9 Å². The van der Waals surface area contributed by atoms with Crippen LogP contribution in [0, 0.1) is 0 Å². The number of halogens is 1. The SMILES string of the molecule is CC(=O)c1cc(Cl)cc(CN2CC(CO)OCC2C)c1O. The minimum absolute atomic E-state index is 0.0221. The molecule has 5 nitrogen and oxygen atoms in total. The molecule has 21 heavy (non-hydrogen) atoms. The summed E-state index contributed by atoms with van der Waals surface area (Å²) in [5.74, 6) is -0.245. The first-order valence-electron chi connectivity index (χ1n) is 6.91. The Morgan fingerprint density at radius 2 is 2.24 bits per heavy atom. The van der Waals surface area contributed by atoms with Gasteiger partial charge in [0, 0.05) is 29.7 Å². The Hall–Kier alpha value is -1.14. The average molecular weight is 314 g/mol. The predicted molar refractivity (Wildman–Crippen MR) is 79.8 cm³/mol. The molecule has 116 valence electrons. The number of hydrogen-bond acceptors (Lipinski definition) is 5. The number of Topliss-reactive ketones (excluding diaryl/α,β-unsaturated/α-hetero) is 1. The van der Waals surface area contributed by atoms with Crippen molar-refractivity contribution in [2.24, 2.45) is 0 Å². The Balaban J connectivity index is 2.24. The van der Waals surface area contributed by atoms with Crippen LogP contribution < -0.4 is 0 Å². The number of phenols is 1. The van der Waals surface area contributed by atoms with E-state index in [0.717, 1.165) is 0 Å². The van der Waals surface area contributed by atoms with Crippen molar-refractivity contribution in [2.75, 3.05) is 19.8 Å². The van der Waals surface area contributed by atoms with E-state index in [1.165, 1.54) is 13.0 Å². The lowest BCUT2D eigenvalue weighted by molar-refractivity contribution is -0.0806. The summed E-state index contributed by atoms with van der Waals surface area (Å²) in [6.45, 7) is 4.91. The molecule has 0 bridgehead atoms. The van der Waals surface area contributed by atoms with Crippen molar-refractivity contribution >= 4 is 17.4 Å². The molecular formula is C15H20ClNO4. The van der Waals surface area contributed by atoms with Crippen LogP contribution in [0.5, 0.6) is 5.75 Å². The minimum atomic E-state index is -0.227. The average Bonchev–Trinajstić information content (AvgIpc) is 2.44. The van der Waals surface area contributed by atoms with Gasteiger partial charge in [-0.15, -0.1) is 0 Å². The monoisotopic (exact) mass is 313 g/mol. The molecule has 1 heterocycles. The van der Waals surface area contributed by atoms with Gasteiger partial charge in [0.2, 0.25) is 0 Å². The summed E-state index contributed by atoms with van der Waals surface area (Å²) in [7, 11) is 0. The van der Waals surface area contributed by atoms with Gasteiger partial charge >= 0.3 is 0 Å². The lowest BCUT2D eigenvalue weighted by Gasteiger charge is -2.37.